The smallest absolute Gasteiger partial charge is 0.411 e. The number of amides is 2. The lowest BCUT2D eigenvalue weighted by molar-refractivity contribution is -0.126. The van der Waals surface area contributed by atoms with Crippen molar-refractivity contribution >= 4 is 23.8 Å². The van der Waals surface area contributed by atoms with Crippen molar-refractivity contribution in [3.63, 3.8) is 0 Å². The molecule has 1 heterocycles. The molecule has 7 heteroatoms. The highest BCUT2D eigenvalue weighted by Crippen LogP contribution is 2.40. The molecule has 1 aromatic rings. The Kier molecular flexibility index (Phi) is 5.80. The molecule has 0 bridgehead atoms. The van der Waals surface area contributed by atoms with E-state index in [0.29, 0.717) is 12.4 Å². The maximum absolute atomic E-state index is 12.9. The van der Waals surface area contributed by atoms with E-state index in [4.69, 9.17) is 4.74 Å². The largest absolute Gasteiger partial charge is 0.508 e. The van der Waals surface area contributed by atoms with Crippen LogP contribution in [0.1, 0.15) is 45.7 Å². The van der Waals surface area contributed by atoms with Crippen LogP contribution in [0.15, 0.2) is 18.2 Å². The molecular formula is C19H28N2O4S. The average molecular weight is 381 g/mol. The summed E-state index contributed by atoms with van der Waals surface area (Å²) in [6.07, 6.45) is -0.482. The second kappa shape index (κ2) is 7.39. The monoisotopic (exact) mass is 380 g/mol. The SMILES string of the molecule is Cc1c(O)cccc1CNC(=O)[C@H]1N(C(=O)OC(C)(C)C)CSC1(C)C. The van der Waals surface area contributed by atoms with Crippen molar-refractivity contribution in [1.82, 2.24) is 10.2 Å². The number of hydrogen-bond acceptors (Lipinski definition) is 5. The van der Waals surface area contributed by atoms with Crippen LogP contribution in [0, 0.1) is 6.92 Å². The normalized spacial score (nSPS) is 19.3. The summed E-state index contributed by atoms with van der Waals surface area (Å²) in [6, 6.07) is 4.59. The van der Waals surface area contributed by atoms with E-state index in [9.17, 15) is 14.7 Å². The molecule has 6 nitrogen and oxygen atoms in total. The van der Waals surface area contributed by atoms with Gasteiger partial charge in [-0.25, -0.2) is 4.79 Å². The van der Waals surface area contributed by atoms with Crippen molar-refractivity contribution < 1.29 is 19.4 Å². The maximum Gasteiger partial charge on any atom is 0.411 e. The zero-order valence-corrected chi connectivity index (χ0v) is 17.1. The number of aromatic hydroxyl groups is 1. The molecule has 2 N–H and O–H groups in total. The summed E-state index contributed by atoms with van der Waals surface area (Å²) in [5.41, 5.74) is 0.955. The van der Waals surface area contributed by atoms with E-state index >= 15 is 0 Å². The molecule has 1 aliphatic rings. The third-order valence-corrected chi connectivity index (χ3v) is 5.67. The molecule has 2 rings (SSSR count). The maximum atomic E-state index is 12.9. The molecule has 144 valence electrons. The van der Waals surface area contributed by atoms with E-state index in [1.165, 1.54) is 4.90 Å². The van der Waals surface area contributed by atoms with Gasteiger partial charge in [-0.1, -0.05) is 12.1 Å². The summed E-state index contributed by atoms with van der Waals surface area (Å²) in [6.45, 7) is 11.4. The minimum absolute atomic E-state index is 0.198. The zero-order chi connectivity index (χ0) is 19.7. The fourth-order valence-electron chi connectivity index (χ4n) is 2.84. The van der Waals surface area contributed by atoms with Gasteiger partial charge >= 0.3 is 6.09 Å². The average Bonchev–Trinajstić information content (AvgIpc) is 2.82. The van der Waals surface area contributed by atoms with Crippen molar-refractivity contribution in [2.24, 2.45) is 0 Å². The molecule has 1 saturated heterocycles. The standard InChI is InChI=1S/C19H28N2O4S/c1-12-13(8-7-9-14(12)22)10-20-16(23)15-19(5,6)26-11-21(15)17(24)25-18(2,3)4/h7-9,15,22H,10-11H2,1-6H3,(H,20,23)/t15-/m1/s1. The van der Waals surface area contributed by atoms with Gasteiger partial charge in [0, 0.05) is 11.3 Å². The lowest BCUT2D eigenvalue weighted by Gasteiger charge is -2.31. The lowest BCUT2D eigenvalue weighted by atomic mass is 10.0. The molecule has 0 aromatic heterocycles. The molecular weight excluding hydrogens is 352 g/mol. The second-order valence-electron chi connectivity index (χ2n) is 8.01. The van der Waals surface area contributed by atoms with Crippen LogP contribution in [0.5, 0.6) is 5.75 Å². The zero-order valence-electron chi connectivity index (χ0n) is 16.3. The Morgan fingerprint density at radius 2 is 2.04 bits per heavy atom. The molecule has 0 unspecified atom stereocenters. The summed E-state index contributed by atoms with van der Waals surface area (Å²) in [5.74, 6) is 0.378. The molecule has 2 amide bonds. The Morgan fingerprint density at radius 1 is 1.38 bits per heavy atom. The highest BCUT2D eigenvalue weighted by atomic mass is 32.2. The van der Waals surface area contributed by atoms with Crippen molar-refractivity contribution in [1.29, 1.82) is 0 Å². The second-order valence-corrected chi connectivity index (χ2v) is 9.61. The summed E-state index contributed by atoms with van der Waals surface area (Å²) in [7, 11) is 0. The van der Waals surface area contributed by atoms with Gasteiger partial charge in [-0.2, -0.15) is 0 Å². The van der Waals surface area contributed by atoms with Gasteiger partial charge in [0.1, 0.15) is 17.4 Å². The van der Waals surface area contributed by atoms with E-state index < -0.39 is 22.5 Å². The van der Waals surface area contributed by atoms with E-state index in [1.54, 1.807) is 51.6 Å². The molecule has 26 heavy (non-hydrogen) atoms. The van der Waals surface area contributed by atoms with Gasteiger partial charge < -0.3 is 15.2 Å². The summed E-state index contributed by atoms with van der Waals surface area (Å²) in [5, 5.41) is 12.7. The molecule has 1 atom stereocenters. The fraction of sp³-hybridized carbons (Fsp3) is 0.579. The lowest BCUT2D eigenvalue weighted by Crippen LogP contribution is -2.54. The molecule has 0 aliphatic carbocycles. The number of phenolic OH excluding ortho intramolecular Hbond substituents is 1. The van der Waals surface area contributed by atoms with Crippen LogP contribution in [0.2, 0.25) is 0 Å². The van der Waals surface area contributed by atoms with Crippen LogP contribution >= 0.6 is 11.8 Å². The van der Waals surface area contributed by atoms with Crippen LogP contribution in [-0.4, -0.2) is 44.3 Å². The minimum Gasteiger partial charge on any atom is -0.508 e. The Morgan fingerprint density at radius 3 is 2.65 bits per heavy atom. The van der Waals surface area contributed by atoms with E-state index in [-0.39, 0.29) is 11.7 Å². The van der Waals surface area contributed by atoms with E-state index in [0.717, 1.165) is 11.1 Å². The number of nitrogens with one attached hydrogen (secondary N) is 1. The molecule has 0 saturated carbocycles. The number of carbonyl (C=O) groups is 2. The van der Waals surface area contributed by atoms with Gasteiger partial charge in [-0.15, -0.1) is 11.8 Å². The van der Waals surface area contributed by atoms with Crippen molar-refractivity contribution in [3.8, 4) is 5.75 Å². The first-order valence-electron chi connectivity index (χ1n) is 8.61. The fourth-order valence-corrected chi connectivity index (χ4v) is 3.96. The number of ether oxygens (including phenoxy) is 1. The van der Waals surface area contributed by atoms with Gasteiger partial charge in [0.15, 0.2) is 0 Å². The van der Waals surface area contributed by atoms with Crippen LogP contribution < -0.4 is 5.32 Å². The quantitative estimate of drug-likeness (QED) is 0.840. The number of phenols is 1. The number of thioether (sulfide) groups is 1. The van der Waals surface area contributed by atoms with E-state index in [2.05, 4.69) is 5.32 Å². The molecule has 1 aromatic carbocycles. The molecule has 0 spiro atoms. The molecule has 0 radical (unpaired) electrons. The highest BCUT2D eigenvalue weighted by molar-refractivity contribution is 8.00. The predicted molar refractivity (Wildman–Crippen MR) is 103 cm³/mol. The Hall–Kier alpha value is -1.89. The number of nitrogens with zero attached hydrogens (tertiary/aromatic N) is 1. The first kappa shape index (κ1) is 20.4. The van der Waals surface area contributed by atoms with Gasteiger partial charge in [-0.05, 0) is 58.7 Å². The number of carbonyl (C=O) groups excluding carboxylic acids is 2. The topological polar surface area (TPSA) is 78.9 Å². The number of rotatable bonds is 3. The highest BCUT2D eigenvalue weighted by Gasteiger charge is 2.49. The van der Waals surface area contributed by atoms with Gasteiger partial charge in [0.2, 0.25) is 5.91 Å². The van der Waals surface area contributed by atoms with Gasteiger partial charge in [0.25, 0.3) is 0 Å². The summed E-state index contributed by atoms with van der Waals surface area (Å²) in [4.78, 5) is 26.9. The third-order valence-electron chi connectivity index (χ3n) is 4.29. The first-order chi connectivity index (χ1) is 11.9. The summed E-state index contributed by atoms with van der Waals surface area (Å²) < 4.78 is 5.03. The van der Waals surface area contributed by atoms with Gasteiger partial charge in [-0.3, -0.25) is 9.69 Å². The first-order valence-corrected chi connectivity index (χ1v) is 9.60. The van der Waals surface area contributed by atoms with Crippen LogP contribution in [0.25, 0.3) is 0 Å². The number of hydrogen-bond donors (Lipinski definition) is 2. The number of benzene rings is 1. The van der Waals surface area contributed by atoms with Crippen molar-refractivity contribution in [2.75, 3.05) is 5.88 Å². The van der Waals surface area contributed by atoms with Crippen molar-refractivity contribution in [3.05, 3.63) is 29.3 Å². The van der Waals surface area contributed by atoms with E-state index in [1.807, 2.05) is 19.9 Å². The van der Waals surface area contributed by atoms with Gasteiger partial charge in [0.05, 0.1) is 5.88 Å². The molecule has 1 fully saturated rings. The Bertz CT molecular complexity index is 697. The third kappa shape index (κ3) is 4.63. The van der Waals surface area contributed by atoms with Crippen LogP contribution in [-0.2, 0) is 16.1 Å². The van der Waals surface area contributed by atoms with Crippen LogP contribution in [0.4, 0.5) is 4.79 Å². The predicted octanol–water partition coefficient (Wildman–Crippen LogP) is 3.41. The Labute approximate surface area is 159 Å². The summed E-state index contributed by atoms with van der Waals surface area (Å²) >= 11 is 1.55. The Balaban J connectivity index is 2.12. The van der Waals surface area contributed by atoms with Crippen molar-refractivity contribution in [2.45, 2.75) is 64.5 Å². The minimum atomic E-state index is -0.625. The van der Waals surface area contributed by atoms with Crippen LogP contribution in [0.3, 0.4) is 0 Å². The molecule has 1 aliphatic heterocycles.